The van der Waals surface area contributed by atoms with Gasteiger partial charge in [-0.25, -0.2) is 9.37 Å². The lowest BCUT2D eigenvalue weighted by Gasteiger charge is -2.12. The number of imidazole rings is 1. The summed E-state index contributed by atoms with van der Waals surface area (Å²) in [7, 11) is 0. The Hall–Kier alpha value is -2.36. The monoisotopic (exact) mass is 283 g/mol. The molecule has 4 heteroatoms. The van der Waals surface area contributed by atoms with Crippen LogP contribution in [0.3, 0.4) is 0 Å². The Kier molecular flexibility index (Phi) is 3.37. The van der Waals surface area contributed by atoms with E-state index in [2.05, 4.69) is 16.5 Å². The Labute approximate surface area is 123 Å². The molecule has 0 aliphatic heterocycles. The largest absolute Gasteiger partial charge is 0.398 e. The van der Waals surface area contributed by atoms with Gasteiger partial charge in [0.1, 0.15) is 11.6 Å². The van der Waals surface area contributed by atoms with Gasteiger partial charge in [0.25, 0.3) is 0 Å². The zero-order valence-corrected chi connectivity index (χ0v) is 12.2. The van der Waals surface area contributed by atoms with Gasteiger partial charge in [-0.05, 0) is 37.1 Å². The number of nitrogen functional groups attached to an aromatic ring is 1. The van der Waals surface area contributed by atoms with E-state index in [0.29, 0.717) is 11.2 Å². The maximum atomic E-state index is 13.5. The molecule has 0 amide bonds. The van der Waals surface area contributed by atoms with Gasteiger partial charge in [-0.2, -0.15) is 0 Å². The van der Waals surface area contributed by atoms with Crippen molar-refractivity contribution < 1.29 is 4.39 Å². The molecule has 0 aliphatic rings. The van der Waals surface area contributed by atoms with Crippen molar-refractivity contribution in [1.29, 1.82) is 0 Å². The Morgan fingerprint density at radius 1 is 1.24 bits per heavy atom. The molecule has 0 bridgehead atoms. The van der Waals surface area contributed by atoms with E-state index in [4.69, 9.17) is 5.73 Å². The molecule has 3 rings (SSSR count). The lowest BCUT2D eigenvalue weighted by Crippen LogP contribution is -2.03. The average Bonchev–Trinajstić information content (AvgIpc) is 2.77. The van der Waals surface area contributed by atoms with Crippen molar-refractivity contribution in [3.8, 4) is 11.4 Å². The minimum absolute atomic E-state index is 0.270. The summed E-state index contributed by atoms with van der Waals surface area (Å²) >= 11 is 0. The fraction of sp³-hybridized carbons (Fsp3) is 0.235. The van der Waals surface area contributed by atoms with Crippen molar-refractivity contribution >= 4 is 16.7 Å². The zero-order chi connectivity index (χ0) is 15.0. The topological polar surface area (TPSA) is 43.8 Å². The quantitative estimate of drug-likeness (QED) is 0.734. The van der Waals surface area contributed by atoms with Crippen LogP contribution in [0.1, 0.15) is 18.9 Å². The summed E-state index contributed by atoms with van der Waals surface area (Å²) in [6, 6.07) is 10.5. The first-order valence-electron chi connectivity index (χ1n) is 7.13. The standard InChI is InChI=1S/C17H18FN3/c1-3-9-21-15-8-7-12(18)10-14(15)20-17(21)16-11(2)5-4-6-13(16)19/h4-8,10H,3,9,19H2,1-2H3. The molecule has 0 saturated carbocycles. The fourth-order valence-electron chi connectivity index (χ4n) is 2.74. The van der Waals surface area contributed by atoms with E-state index in [0.717, 1.165) is 35.4 Å². The molecule has 0 fully saturated rings. The maximum absolute atomic E-state index is 13.5. The van der Waals surface area contributed by atoms with E-state index < -0.39 is 0 Å². The Bertz CT molecular complexity index is 785. The van der Waals surface area contributed by atoms with Crippen molar-refractivity contribution in [2.45, 2.75) is 26.8 Å². The normalized spacial score (nSPS) is 11.2. The molecular formula is C17H18FN3. The molecule has 1 heterocycles. The number of halogens is 1. The Morgan fingerprint density at radius 3 is 2.76 bits per heavy atom. The highest BCUT2D eigenvalue weighted by Crippen LogP contribution is 2.32. The van der Waals surface area contributed by atoms with Gasteiger partial charge in [0, 0.05) is 23.9 Å². The zero-order valence-electron chi connectivity index (χ0n) is 12.2. The van der Waals surface area contributed by atoms with Gasteiger partial charge >= 0.3 is 0 Å². The van der Waals surface area contributed by atoms with Gasteiger partial charge in [0.15, 0.2) is 0 Å². The van der Waals surface area contributed by atoms with Crippen molar-refractivity contribution in [1.82, 2.24) is 9.55 Å². The highest BCUT2D eigenvalue weighted by atomic mass is 19.1. The van der Waals surface area contributed by atoms with Crippen LogP contribution in [-0.4, -0.2) is 9.55 Å². The van der Waals surface area contributed by atoms with Crippen molar-refractivity contribution in [2.24, 2.45) is 0 Å². The summed E-state index contributed by atoms with van der Waals surface area (Å²) < 4.78 is 15.6. The average molecular weight is 283 g/mol. The second-order valence-corrected chi connectivity index (χ2v) is 5.26. The van der Waals surface area contributed by atoms with Gasteiger partial charge in [-0.15, -0.1) is 0 Å². The molecule has 0 atom stereocenters. The van der Waals surface area contributed by atoms with E-state index in [9.17, 15) is 4.39 Å². The van der Waals surface area contributed by atoms with Crippen LogP contribution in [0.25, 0.3) is 22.4 Å². The molecule has 2 N–H and O–H groups in total. The van der Waals surface area contributed by atoms with Crippen molar-refractivity contribution in [3.63, 3.8) is 0 Å². The highest BCUT2D eigenvalue weighted by molar-refractivity contribution is 5.84. The number of nitrogens with zero attached hydrogens (tertiary/aromatic N) is 2. The van der Waals surface area contributed by atoms with Crippen LogP contribution in [0.2, 0.25) is 0 Å². The first-order chi connectivity index (χ1) is 10.1. The van der Waals surface area contributed by atoms with Crippen LogP contribution in [-0.2, 0) is 6.54 Å². The molecule has 3 aromatic rings. The number of hydrogen-bond acceptors (Lipinski definition) is 2. The van der Waals surface area contributed by atoms with E-state index in [1.807, 2.05) is 25.1 Å². The summed E-state index contributed by atoms with van der Waals surface area (Å²) in [6.07, 6.45) is 0.974. The number of benzene rings is 2. The van der Waals surface area contributed by atoms with E-state index >= 15 is 0 Å². The second kappa shape index (κ2) is 5.20. The van der Waals surface area contributed by atoms with E-state index in [1.165, 1.54) is 12.1 Å². The number of nitrogens with two attached hydrogens (primary N) is 1. The highest BCUT2D eigenvalue weighted by Gasteiger charge is 2.16. The molecule has 21 heavy (non-hydrogen) atoms. The molecule has 0 radical (unpaired) electrons. The van der Waals surface area contributed by atoms with Gasteiger partial charge in [0.2, 0.25) is 0 Å². The number of aryl methyl sites for hydroxylation is 2. The molecule has 0 saturated heterocycles. The van der Waals surface area contributed by atoms with E-state index in [1.54, 1.807) is 6.07 Å². The minimum atomic E-state index is -0.270. The van der Waals surface area contributed by atoms with E-state index in [-0.39, 0.29) is 5.82 Å². The Balaban J connectivity index is 2.33. The molecular weight excluding hydrogens is 265 g/mol. The van der Waals surface area contributed by atoms with Crippen LogP contribution < -0.4 is 5.73 Å². The smallest absolute Gasteiger partial charge is 0.143 e. The maximum Gasteiger partial charge on any atom is 0.143 e. The molecule has 0 unspecified atom stereocenters. The Morgan fingerprint density at radius 2 is 2.05 bits per heavy atom. The lowest BCUT2D eigenvalue weighted by molar-refractivity contribution is 0.629. The summed E-state index contributed by atoms with van der Waals surface area (Å²) in [5, 5.41) is 0. The number of aromatic nitrogens is 2. The number of rotatable bonds is 3. The van der Waals surface area contributed by atoms with Gasteiger partial charge < -0.3 is 10.3 Å². The number of hydrogen-bond donors (Lipinski definition) is 1. The second-order valence-electron chi connectivity index (χ2n) is 5.26. The third-order valence-corrected chi connectivity index (χ3v) is 3.69. The third kappa shape index (κ3) is 2.27. The lowest BCUT2D eigenvalue weighted by atomic mass is 10.1. The summed E-state index contributed by atoms with van der Waals surface area (Å²) in [5.41, 5.74) is 10.5. The van der Waals surface area contributed by atoms with Gasteiger partial charge in [-0.3, -0.25) is 0 Å². The molecule has 1 aromatic heterocycles. The predicted molar refractivity (Wildman–Crippen MR) is 84.6 cm³/mol. The predicted octanol–water partition coefficient (Wildman–Crippen LogP) is 4.14. The van der Waals surface area contributed by atoms with Crippen molar-refractivity contribution in [2.75, 3.05) is 5.73 Å². The van der Waals surface area contributed by atoms with Crippen LogP contribution >= 0.6 is 0 Å². The van der Waals surface area contributed by atoms with Crippen LogP contribution in [0, 0.1) is 12.7 Å². The number of anilines is 1. The van der Waals surface area contributed by atoms with Crippen molar-refractivity contribution in [3.05, 3.63) is 47.8 Å². The number of fused-ring (bicyclic) bond motifs is 1. The summed E-state index contributed by atoms with van der Waals surface area (Å²) in [4.78, 5) is 4.63. The third-order valence-electron chi connectivity index (χ3n) is 3.69. The minimum Gasteiger partial charge on any atom is -0.398 e. The van der Waals surface area contributed by atoms with Crippen LogP contribution in [0.15, 0.2) is 36.4 Å². The molecule has 0 aliphatic carbocycles. The SMILES string of the molecule is CCCn1c(-c2c(C)cccc2N)nc2cc(F)ccc21. The molecule has 0 spiro atoms. The van der Waals surface area contributed by atoms with Gasteiger partial charge in [0.05, 0.1) is 11.0 Å². The molecule has 2 aromatic carbocycles. The summed E-state index contributed by atoms with van der Waals surface area (Å²) in [5.74, 6) is 0.543. The van der Waals surface area contributed by atoms with Crippen LogP contribution in [0.5, 0.6) is 0 Å². The summed E-state index contributed by atoms with van der Waals surface area (Å²) in [6.45, 7) is 4.95. The molecule has 108 valence electrons. The van der Waals surface area contributed by atoms with Gasteiger partial charge in [-0.1, -0.05) is 19.1 Å². The first kappa shape index (κ1) is 13.6. The van der Waals surface area contributed by atoms with Crippen LogP contribution in [0.4, 0.5) is 10.1 Å². The molecule has 3 nitrogen and oxygen atoms in total. The fourth-order valence-corrected chi connectivity index (χ4v) is 2.74. The first-order valence-corrected chi connectivity index (χ1v) is 7.13.